The Bertz CT molecular complexity index is 609. The van der Waals surface area contributed by atoms with Crippen LogP contribution in [0.5, 0.6) is 0 Å². The lowest BCUT2D eigenvalue weighted by Crippen LogP contribution is -2.38. The maximum Gasteiger partial charge on any atom is 0.321 e. The number of anilines is 1. The quantitative estimate of drug-likeness (QED) is 0.901. The molecule has 1 aliphatic carbocycles. The molecule has 0 bridgehead atoms. The van der Waals surface area contributed by atoms with Crippen LogP contribution in [0.25, 0.3) is 0 Å². The highest BCUT2D eigenvalue weighted by Gasteiger charge is 2.45. The number of benzene rings is 1. The van der Waals surface area contributed by atoms with Gasteiger partial charge in [-0.2, -0.15) is 0 Å². The molecule has 20 heavy (non-hydrogen) atoms. The number of hydrogen-bond acceptors (Lipinski definition) is 2. The van der Waals surface area contributed by atoms with E-state index in [1.165, 1.54) is 0 Å². The summed E-state index contributed by atoms with van der Waals surface area (Å²) < 4.78 is 1.04. The average Bonchev–Trinajstić information content (AvgIpc) is 3.21. The predicted molar refractivity (Wildman–Crippen MR) is 81.4 cm³/mol. The third-order valence-corrected chi connectivity index (χ3v) is 3.93. The van der Waals surface area contributed by atoms with Crippen molar-refractivity contribution in [2.45, 2.75) is 18.4 Å². The zero-order chi connectivity index (χ0) is 14.0. The summed E-state index contributed by atoms with van der Waals surface area (Å²) in [5.74, 6) is 0.552. The lowest BCUT2D eigenvalue weighted by molar-refractivity contribution is 0.247. The molecule has 1 saturated carbocycles. The van der Waals surface area contributed by atoms with Crippen LogP contribution in [0.2, 0.25) is 0 Å². The van der Waals surface area contributed by atoms with E-state index in [0.29, 0.717) is 5.82 Å². The number of amides is 2. The van der Waals surface area contributed by atoms with Crippen LogP contribution < -0.4 is 10.6 Å². The smallest absolute Gasteiger partial charge is 0.321 e. The first-order valence-electron chi connectivity index (χ1n) is 6.44. The van der Waals surface area contributed by atoms with Gasteiger partial charge in [-0.15, -0.1) is 0 Å². The zero-order valence-corrected chi connectivity index (χ0v) is 12.4. The molecule has 0 atom stereocenters. The average molecular weight is 332 g/mol. The van der Waals surface area contributed by atoms with E-state index in [0.717, 1.165) is 22.9 Å². The number of nitrogens with one attached hydrogen (secondary N) is 2. The third kappa shape index (κ3) is 2.82. The number of hydrogen-bond donors (Lipinski definition) is 2. The predicted octanol–water partition coefficient (Wildman–Crippen LogP) is 3.65. The van der Waals surface area contributed by atoms with Crippen LogP contribution in [0.4, 0.5) is 10.6 Å². The monoisotopic (exact) mass is 331 g/mol. The van der Waals surface area contributed by atoms with E-state index in [2.05, 4.69) is 31.5 Å². The van der Waals surface area contributed by atoms with E-state index in [-0.39, 0.29) is 11.6 Å². The number of rotatable bonds is 3. The van der Waals surface area contributed by atoms with Gasteiger partial charge in [0.2, 0.25) is 0 Å². The Morgan fingerprint density at radius 1 is 1.15 bits per heavy atom. The molecule has 1 aliphatic rings. The molecule has 1 heterocycles. The Morgan fingerprint density at radius 2 is 1.90 bits per heavy atom. The standard InChI is InChI=1S/C15H14BrN3O/c16-12-6-4-11(5-7-12)15(8-9-15)19-14(20)18-13-3-1-2-10-17-13/h1-7,10H,8-9H2,(H2,17,18,19,20). The van der Waals surface area contributed by atoms with Gasteiger partial charge in [-0.05, 0) is 42.7 Å². The molecule has 4 nitrogen and oxygen atoms in total. The Kier molecular flexibility index (Phi) is 3.44. The maximum absolute atomic E-state index is 12.0. The fourth-order valence-corrected chi connectivity index (χ4v) is 2.45. The van der Waals surface area contributed by atoms with Gasteiger partial charge in [-0.3, -0.25) is 5.32 Å². The SMILES string of the molecule is O=C(Nc1ccccn1)NC1(c2ccc(Br)cc2)CC1. The summed E-state index contributed by atoms with van der Waals surface area (Å²) in [6, 6.07) is 13.3. The van der Waals surface area contributed by atoms with Crippen molar-refractivity contribution in [2.75, 3.05) is 5.32 Å². The Morgan fingerprint density at radius 3 is 2.50 bits per heavy atom. The fourth-order valence-electron chi connectivity index (χ4n) is 2.18. The number of urea groups is 1. The second-order valence-corrected chi connectivity index (χ2v) is 5.80. The topological polar surface area (TPSA) is 54.0 Å². The van der Waals surface area contributed by atoms with Gasteiger partial charge >= 0.3 is 6.03 Å². The Hall–Kier alpha value is -1.88. The molecule has 0 saturated heterocycles. The van der Waals surface area contributed by atoms with Crippen LogP contribution in [-0.4, -0.2) is 11.0 Å². The minimum atomic E-state index is -0.223. The molecule has 0 spiro atoms. The van der Waals surface area contributed by atoms with Crippen molar-refractivity contribution in [1.29, 1.82) is 0 Å². The summed E-state index contributed by atoms with van der Waals surface area (Å²) in [6.07, 6.45) is 3.58. The maximum atomic E-state index is 12.0. The van der Waals surface area contributed by atoms with Crippen molar-refractivity contribution in [2.24, 2.45) is 0 Å². The summed E-state index contributed by atoms with van der Waals surface area (Å²) >= 11 is 3.42. The van der Waals surface area contributed by atoms with E-state index in [1.807, 2.05) is 36.4 Å². The molecule has 0 aliphatic heterocycles. The molecule has 1 fully saturated rings. The summed E-state index contributed by atoms with van der Waals surface area (Å²) in [4.78, 5) is 16.1. The normalized spacial score (nSPS) is 15.4. The van der Waals surface area contributed by atoms with Gasteiger partial charge in [-0.25, -0.2) is 9.78 Å². The molecule has 1 aromatic heterocycles. The molecule has 3 rings (SSSR count). The number of pyridine rings is 1. The van der Waals surface area contributed by atoms with Crippen LogP contribution in [0.15, 0.2) is 53.1 Å². The highest BCUT2D eigenvalue weighted by atomic mass is 79.9. The second kappa shape index (κ2) is 5.25. The number of aromatic nitrogens is 1. The van der Waals surface area contributed by atoms with Gasteiger partial charge in [0.1, 0.15) is 5.82 Å². The number of carbonyl (C=O) groups is 1. The lowest BCUT2D eigenvalue weighted by Gasteiger charge is -2.18. The van der Waals surface area contributed by atoms with Crippen molar-refractivity contribution in [3.63, 3.8) is 0 Å². The summed E-state index contributed by atoms with van der Waals surface area (Å²) in [5.41, 5.74) is 0.913. The third-order valence-electron chi connectivity index (χ3n) is 3.41. The minimum Gasteiger partial charge on any atom is -0.328 e. The van der Waals surface area contributed by atoms with E-state index < -0.39 is 0 Å². The molecule has 0 unspecified atom stereocenters. The Balaban J connectivity index is 1.68. The van der Waals surface area contributed by atoms with Crippen molar-refractivity contribution < 1.29 is 4.79 Å². The molecule has 102 valence electrons. The van der Waals surface area contributed by atoms with E-state index in [1.54, 1.807) is 12.3 Å². The van der Waals surface area contributed by atoms with E-state index >= 15 is 0 Å². The zero-order valence-electron chi connectivity index (χ0n) is 10.8. The molecule has 1 aromatic carbocycles. The van der Waals surface area contributed by atoms with Crippen LogP contribution in [0, 0.1) is 0 Å². The van der Waals surface area contributed by atoms with E-state index in [4.69, 9.17) is 0 Å². The van der Waals surface area contributed by atoms with Crippen LogP contribution in [0.1, 0.15) is 18.4 Å². The van der Waals surface area contributed by atoms with Crippen LogP contribution in [-0.2, 0) is 5.54 Å². The lowest BCUT2D eigenvalue weighted by atomic mass is 10.1. The largest absolute Gasteiger partial charge is 0.328 e. The first-order valence-corrected chi connectivity index (χ1v) is 7.24. The molecule has 2 N–H and O–H groups in total. The van der Waals surface area contributed by atoms with Crippen LogP contribution >= 0.6 is 15.9 Å². The van der Waals surface area contributed by atoms with Crippen LogP contribution in [0.3, 0.4) is 0 Å². The highest BCUT2D eigenvalue weighted by Crippen LogP contribution is 2.45. The van der Waals surface area contributed by atoms with Gasteiger partial charge in [0.25, 0.3) is 0 Å². The fraction of sp³-hybridized carbons (Fsp3) is 0.200. The first-order chi connectivity index (χ1) is 9.68. The van der Waals surface area contributed by atoms with Crippen molar-refractivity contribution >= 4 is 27.8 Å². The van der Waals surface area contributed by atoms with E-state index in [9.17, 15) is 4.79 Å². The molecular formula is C15H14BrN3O. The van der Waals surface area contributed by atoms with Gasteiger partial charge in [0.15, 0.2) is 0 Å². The second-order valence-electron chi connectivity index (χ2n) is 4.88. The van der Waals surface area contributed by atoms with Gasteiger partial charge in [-0.1, -0.05) is 34.1 Å². The summed E-state index contributed by atoms with van der Waals surface area (Å²) in [6.45, 7) is 0. The summed E-state index contributed by atoms with van der Waals surface area (Å²) in [5, 5.41) is 5.80. The minimum absolute atomic E-state index is 0.218. The van der Waals surface area contributed by atoms with Crippen molar-refractivity contribution in [1.82, 2.24) is 10.3 Å². The number of nitrogens with zero attached hydrogens (tertiary/aromatic N) is 1. The molecular weight excluding hydrogens is 318 g/mol. The van der Waals surface area contributed by atoms with Gasteiger partial charge in [0.05, 0.1) is 5.54 Å². The van der Waals surface area contributed by atoms with Crippen molar-refractivity contribution in [3.05, 3.63) is 58.7 Å². The molecule has 5 heteroatoms. The van der Waals surface area contributed by atoms with Gasteiger partial charge < -0.3 is 5.32 Å². The first kappa shape index (κ1) is 13.1. The Labute approximate surface area is 125 Å². The molecule has 0 radical (unpaired) electrons. The number of halogens is 1. The summed E-state index contributed by atoms with van der Waals surface area (Å²) in [7, 11) is 0. The number of carbonyl (C=O) groups excluding carboxylic acids is 1. The van der Waals surface area contributed by atoms with Gasteiger partial charge in [0, 0.05) is 10.7 Å². The molecule has 2 amide bonds. The molecule has 2 aromatic rings. The highest BCUT2D eigenvalue weighted by molar-refractivity contribution is 9.10. The van der Waals surface area contributed by atoms with Crippen molar-refractivity contribution in [3.8, 4) is 0 Å².